The standard InChI is InChI=1S/C23H31N3O6.C20H26O6/c1-10-11-6-7-13-21-9-30-23(22(13,15(10)27)18(11)31-20(4,5)32-23)17(29)14(21)19(2,3)8-12(16(21)28)25-26-24;1-8-9-4-5-11-18-7-25-20(24,19(11,13(8)21)14(9)22)15(23)12(18)17(2,3)6-10-16(18)26-10/h11-14,16-18,28-29H,1,6-9H2,2-5H3;9-12,14-16,22-24H,1,4-7H2,2-3H3/t11-,12-,13-,14+,16+,17-,18+,21-,22-,23-;9-,10+,11-,12+,14+,15-,16+,18-,19-,20+/m00/s1. The predicted molar refractivity (Wildman–Crippen MR) is 199 cm³/mol. The Morgan fingerprint density at radius 1 is 0.724 bits per heavy atom. The number of Topliss-reactive ketones (excluding diaryl/α,β-unsaturated/α-hetero) is 2. The first-order valence-electron chi connectivity index (χ1n) is 21.3. The molecule has 15 heteroatoms. The van der Waals surface area contributed by atoms with Gasteiger partial charge in [-0.05, 0) is 91.7 Å². The molecular formula is C43H57N3O12. The van der Waals surface area contributed by atoms with Gasteiger partial charge in [-0.15, -0.1) is 0 Å². The van der Waals surface area contributed by atoms with Crippen molar-refractivity contribution >= 4 is 11.6 Å². The Balaban J connectivity index is 0.000000136. The second kappa shape index (κ2) is 10.8. The molecule has 14 fully saturated rings. The van der Waals surface area contributed by atoms with E-state index in [0.717, 1.165) is 6.42 Å². The van der Waals surface area contributed by atoms with E-state index in [0.29, 0.717) is 43.3 Å². The van der Waals surface area contributed by atoms with Crippen LogP contribution in [0, 0.1) is 68.0 Å². The molecule has 316 valence electrons. The van der Waals surface area contributed by atoms with Gasteiger partial charge in [0.1, 0.15) is 23.0 Å². The number of hydrogen-bond acceptors (Lipinski definition) is 13. The average molecular weight is 808 g/mol. The van der Waals surface area contributed by atoms with Crippen molar-refractivity contribution in [1.29, 1.82) is 0 Å². The molecule has 15 nitrogen and oxygen atoms in total. The normalized spacial score (nSPS) is 59.7. The van der Waals surface area contributed by atoms with Crippen molar-refractivity contribution in [2.45, 2.75) is 146 Å². The summed E-state index contributed by atoms with van der Waals surface area (Å²) in [5.41, 5.74) is 4.96. The Hall–Kier alpha value is -2.27. The van der Waals surface area contributed by atoms with Gasteiger partial charge in [0, 0.05) is 39.4 Å². The third kappa shape index (κ3) is 3.67. The van der Waals surface area contributed by atoms with Crippen LogP contribution in [0.5, 0.6) is 0 Å². The Morgan fingerprint density at radius 2 is 1.31 bits per heavy atom. The second-order valence-corrected chi connectivity index (χ2v) is 22.1. The Labute approximate surface area is 337 Å². The van der Waals surface area contributed by atoms with Crippen molar-refractivity contribution in [1.82, 2.24) is 0 Å². The fourth-order valence-electron chi connectivity index (χ4n) is 17.5. The number of rotatable bonds is 1. The first-order valence-corrected chi connectivity index (χ1v) is 21.3. The van der Waals surface area contributed by atoms with Gasteiger partial charge in [0.05, 0.1) is 49.8 Å². The summed E-state index contributed by atoms with van der Waals surface area (Å²) in [6.07, 6.45) is -1.05. The second-order valence-electron chi connectivity index (χ2n) is 22.1. The Kier molecular flexibility index (Phi) is 7.22. The summed E-state index contributed by atoms with van der Waals surface area (Å²) in [5.74, 6) is -7.03. The van der Waals surface area contributed by atoms with E-state index < -0.39 is 86.9 Å². The molecule has 58 heavy (non-hydrogen) atoms. The van der Waals surface area contributed by atoms with Gasteiger partial charge in [-0.1, -0.05) is 46.0 Å². The van der Waals surface area contributed by atoms with Crippen molar-refractivity contribution in [3.05, 3.63) is 34.7 Å². The summed E-state index contributed by atoms with van der Waals surface area (Å²) in [6, 6.07) is -0.679. The SMILES string of the molecule is C=C1C(=O)[C@@]23[C@@H]4OC(C)(C)O[C@]25OC[C@]2([C@H](O)[C@@H](N=[N+]=[N-])CC(C)(C)[C@H]2[C@@H]5O)[C@@H]3CC[C@@H]14.C=C1C(=O)[C@]23[C@H](O)[C@H]1CC[C@H]2[C@@]12CO[C@]3(O)[C@@H](O)[C@@H]1C(C)(C)C[C@H]1O[C@H]12. The lowest BCUT2D eigenvalue weighted by Crippen LogP contribution is -2.89. The van der Waals surface area contributed by atoms with Crippen LogP contribution in [0.25, 0.3) is 10.4 Å². The summed E-state index contributed by atoms with van der Waals surface area (Å²) < 4.78 is 31.3. The molecule has 0 radical (unpaired) electrons. The predicted octanol–water partition coefficient (Wildman–Crippen LogP) is 2.85. The third-order valence-electron chi connectivity index (χ3n) is 18.8. The van der Waals surface area contributed by atoms with Crippen LogP contribution in [0.2, 0.25) is 0 Å². The number of carbonyl (C=O) groups excluding carboxylic acids is 2. The molecule has 8 saturated carbocycles. The van der Waals surface area contributed by atoms with E-state index in [9.17, 15) is 40.7 Å². The molecule has 0 aromatic rings. The lowest BCUT2D eigenvalue weighted by molar-refractivity contribution is -0.535. The summed E-state index contributed by atoms with van der Waals surface area (Å²) >= 11 is 0. The van der Waals surface area contributed by atoms with Gasteiger partial charge in [0.2, 0.25) is 11.6 Å². The number of nitrogens with zero attached hydrogens (tertiary/aromatic N) is 3. The zero-order chi connectivity index (χ0) is 41.5. The van der Waals surface area contributed by atoms with Gasteiger partial charge in [-0.3, -0.25) is 9.59 Å². The third-order valence-corrected chi connectivity index (χ3v) is 18.8. The van der Waals surface area contributed by atoms with Gasteiger partial charge >= 0.3 is 0 Å². The molecule has 8 aliphatic carbocycles. The molecule has 6 saturated heterocycles. The Morgan fingerprint density at radius 3 is 2.00 bits per heavy atom. The van der Waals surface area contributed by atoms with Gasteiger partial charge in [0.25, 0.3) is 0 Å². The molecule has 0 aromatic carbocycles. The fourth-order valence-corrected chi connectivity index (χ4v) is 17.5. The van der Waals surface area contributed by atoms with Crippen LogP contribution in [0.3, 0.4) is 0 Å². The number of fused-ring (bicyclic) bond motifs is 4. The Bertz CT molecular complexity index is 2030. The topological polar surface area (TPSA) is 233 Å². The molecule has 0 amide bonds. The number of ether oxygens (including phenoxy) is 5. The van der Waals surface area contributed by atoms with Crippen LogP contribution in [0.4, 0.5) is 0 Å². The molecule has 6 heterocycles. The number of hydrogen-bond donors (Lipinski definition) is 5. The monoisotopic (exact) mass is 807 g/mol. The molecule has 6 aliphatic heterocycles. The molecule has 8 bridgehead atoms. The van der Waals surface area contributed by atoms with E-state index in [4.69, 9.17) is 23.7 Å². The van der Waals surface area contributed by atoms with Gasteiger partial charge in [-0.25, -0.2) is 0 Å². The first-order chi connectivity index (χ1) is 27.0. The molecule has 0 unspecified atom stereocenters. The number of aliphatic hydroxyl groups is 5. The van der Waals surface area contributed by atoms with Gasteiger partial charge in [-0.2, -0.15) is 0 Å². The van der Waals surface area contributed by atoms with E-state index in [1.807, 2.05) is 13.8 Å². The van der Waals surface area contributed by atoms with Crippen LogP contribution in [0.15, 0.2) is 29.4 Å². The van der Waals surface area contributed by atoms with E-state index in [1.54, 1.807) is 13.8 Å². The highest BCUT2D eigenvalue weighted by Gasteiger charge is 2.91. The molecule has 20 atom stereocenters. The van der Waals surface area contributed by atoms with Crippen molar-refractivity contribution in [2.24, 2.45) is 73.1 Å². The minimum Gasteiger partial charge on any atom is -0.392 e. The highest BCUT2D eigenvalue weighted by molar-refractivity contribution is 6.06. The zero-order valence-electron chi connectivity index (χ0n) is 34.1. The van der Waals surface area contributed by atoms with Crippen molar-refractivity contribution in [2.75, 3.05) is 13.2 Å². The summed E-state index contributed by atoms with van der Waals surface area (Å²) in [6.45, 7) is 20.3. The van der Waals surface area contributed by atoms with E-state index in [-0.39, 0.29) is 72.0 Å². The van der Waals surface area contributed by atoms with E-state index in [1.165, 1.54) is 0 Å². The van der Waals surface area contributed by atoms with Crippen LogP contribution in [0.1, 0.15) is 80.1 Å². The van der Waals surface area contributed by atoms with Crippen LogP contribution in [-0.4, -0.2) is 116 Å². The quantitative estimate of drug-likeness (QED) is 0.0847. The van der Waals surface area contributed by atoms with Crippen LogP contribution < -0.4 is 0 Å². The molecular weight excluding hydrogens is 750 g/mol. The molecule has 14 rings (SSSR count). The van der Waals surface area contributed by atoms with Gasteiger partial charge < -0.3 is 49.2 Å². The van der Waals surface area contributed by atoms with E-state index >= 15 is 0 Å². The number of azide groups is 1. The van der Waals surface area contributed by atoms with Gasteiger partial charge in [0.15, 0.2) is 17.4 Å². The number of aliphatic hydroxyl groups excluding tert-OH is 4. The minimum absolute atomic E-state index is 0.0766. The maximum absolute atomic E-state index is 14.0. The number of carbonyl (C=O) groups is 2. The highest BCUT2D eigenvalue weighted by Crippen LogP contribution is 2.81. The van der Waals surface area contributed by atoms with Crippen molar-refractivity contribution in [3.8, 4) is 0 Å². The molecule has 0 aromatic heterocycles. The number of epoxide rings is 1. The molecule has 14 aliphatic rings. The fraction of sp³-hybridized carbons (Fsp3) is 0.860. The van der Waals surface area contributed by atoms with E-state index in [2.05, 4.69) is 37.0 Å². The van der Waals surface area contributed by atoms with Crippen molar-refractivity contribution < 1.29 is 58.8 Å². The smallest absolute Gasteiger partial charge is 0.213 e. The lowest BCUT2D eigenvalue weighted by atomic mass is 9.35. The maximum Gasteiger partial charge on any atom is 0.213 e. The van der Waals surface area contributed by atoms with Crippen LogP contribution >= 0.6 is 0 Å². The first kappa shape index (κ1) is 38.6. The molecule has 5 spiro atoms. The number of ketones is 2. The zero-order valence-corrected chi connectivity index (χ0v) is 34.1. The summed E-state index contributed by atoms with van der Waals surface area (Å²) in [7, 11) is 0. The molecule has 5 N–H and O–H groups in total. The largest absolute Gasteiger partial charge is 0.392 e. The van der Waals surface area contributed by atoms with Crippen LogP contribution in [-0.2, 0) is 33.3 Å². The maximum atomic E-state index is 14.0. The minimum atomic E-state index is -2.07. The summed E-state index contributed by atoms with van der Waals surface area (Å²) in [4.78, 5) is 30.4. The summed E-state index contributed by atoms with van der Waals surface area (Å²) in [5, 5.41) is 61.9. The lowest BCUT2D eigenvalue weighted by Gasteiger charge is -2.78. The average Bonchev–Trinajstić information content (AvgIpc) is 3.89. The highest BCUT2D eigenvalue weighted by atomic mass is 16.8. The van der Waals surface area contributed by atoms with Crippen molar-refractivity contribution in [3.63, 3.8) is 0 Å².